The lowest BCUT2D eigenvalue weighted by atomic mass is 9.91. The predicted octanol–water partition coefficient (Wildman–Crippen LogP) is 6.05. The highest BCUT2D eigenvalue weighted by molar-refractivity contribution is 5.07. The van der Waals surface area contributed by atoms with Crippen LogP contribution in [0.15, 0.2) is 23.3 Å². The van der Waals surface area contributed by atoms with Crippen molar-refractivity contribution in [1.82, 2.24) is 0 Å². The van der Waals surface area contributed by atoms with E-state index in [2.05, 4.69) is 46.8 Å². The molecule has 0 N–H and O–H groups in total. The van der Waals surface area contributed by atoms with E-state index in [1.54, 1.807) is 5.57 Å². The van der Waals surface area contributed by atoms with Crippen molar-refractivity contribution in [2.75, 3.05) is 0 Å². The molecular formula is C19H34O. The van der Waals surface area contributed by atoms with Crippen LogP contribution in [0.3, 0.4) is 0 Å². The molecule has 0 radical (unpaired) electrons. The zero-order chi connectivity index (χ0) is 15.0. The molecule has 1 heteroatoms. The molecule has 3 unspecified atom stereocenters. The van der Waals surface area contributed by atoms with Gasteiger partial charge in [0.05, 0.1) is 12.2 Å². The molecule has 0 amide bonds. The second-order valence-electron chi connectivity index (χ2n) is 6.55. The van der Waals surface area contributed by atoms with Gasteiger partial charge in [0.25, 0.3) is 0 Å². The first kappa shape index (κ1) is 17.5. The summed E-state index contributed by atoms with van der Waals surface area (Å²) in [7, 11) is 0. The number of hydrogen-bond acceptors (Lipinski definition) is 1. The molecule has 1 nitrogen and oxygen atoms in total. The summed E-state index contributed by atoms with van der Waals surface area (Å²) in [5, 5.41) is 0. The van der Waals surface area contributed by atoms with Gasteiger partial charge in [-0.25, -0.2) is 0 Å². The molecule has 0 bridgehead atoms. The summed E-state index contributed by atoms with van der Waals surface area (Å²) in [4.78, 5) is 0. The fourth-order valence-electron chi connectivity index (χ4n) is 3.12. The van der Waals surface area contributed by atoms with Gasteiger partial charge in [-0.05, 0) is 58.8 Å². The van der Waals surface area contributed by atoms with Crippen molar-refractivity contribution in [2.45, 2.75) is 91.8 Å². The molecule has 1 saturated heterocycles. The monoisotopic (exact) mass is 278 g/mol. The summed E-state index contributed by atoms with van der Waals surface area (Å²) in [5.74, 6) is 0.710. The summed E-state index contributed by atoms with van der Waals surface area (Å²) in [6.45, 7) is 11.2. The first-order valence-electron chi connectivity index (χ1n) is 8.55. The summed E-state index contributed by atoms with van der Waals surface area (Å²) in [6.07, 6.45) is 14.2. The van der Waals surface area contributed by atoms with Crippen LogP contribution in [0.25, 0.3) is 0 Å². The highest BCUT2D eigenvalue weighted by atomic mass is 16.5. The Labute approximate surface area is 126 Å². The second-order valence-corrected chi connectivity index (χ2v) is 6.55. The fourth-order valence-corrected chi connectivity index (χ4v) is 3.12. The van der Waals surface area contributed by atoms with Crippen LogP contribution in [0, 0.1) is 5.92 Å². The van der Waals surface area contributed by atoms with Gasteiger partial charge >= 0.3 is 0 Å². The quantitative estimate of drug-likeness (QED) is 0.491. The zero-order valence-electron chi connectivity index (χ0n) is 14.2. The summed E-state index contributed by atoms with van der Waals surface area (Å²) < 4.78 is 6.11. The maximum atomic E-state index is 6.11. The average Bonchev–Trinajstić information content (AvgIpc) is 2.74. The Morgan fingerprint density at radius 3 is 2.50 bits per heavy atom. The summed E-state index contributed by atoms with van der Waals surface area (Å²) >= 11 is 0. The van der Waals surface area contributed by atoms with Crippen molar-refractivity contribution in [2.24, 2.45) is 5.92 Å². The maximum Gasteiger partial charge on any atom is 0.0791 e. The van der Waals surface area contributed by atoms with Crippen LogP contribution < -0.4 is 0 Å². The smallest absolute Gasteiger partial charge is 0.0791 e. The number of hydrogen-bond donors (Lipinski definition) is 0. The molecule has 20 heavy (non-hydrogen) atoms. The van der Waals surface area contributed by atoms with Gasteiger partial charge < -0.3 is 4.74 Å². The Morgan fingerprint density at radius 1 is 1.10 bits per heavy atom. The Balaban J connectivity index is 2.51. The van der Waals surface area contributed by atoms with Crippen LogP contribution in [0.5, 0.6) is 0 Å². The minimum absolute atomic E-state index is 0.357. The Morgan fingerprint density at radius 2 is 1.85 bits per heavy atom. The van der Waals surface area contributed by atoms with Crippen LogP contribution in [0.4, 0.5) is 0 Å². The number of unbranched alkanes of at least 4 members (excludes halogenated alkanes) is 1. The van der Waals surface area contributed by atoms with Crippen molar-refractivity contribution in [3.05, 3.63) is 23.3 Å². The minimum atomic E-state index is 0.357. The third-order valence-corrected chi connectivity index (χ3v) is 4.27. The van der Waals surface area contributed by atoms with E-state index in [-0.39, 0.29) is 0 Å². The molecule has 1 rings (SSSR count). The molecular weight excluding hydrogens is 244 g/mol. The molecule has 1 aliphatic rings. The van der Waals surface area contributed by atoms with E-state index in [4.69, 9.17) is 4.74 Å². The predicted molar refractivity (Wildman–Crippen MR) is 89.0 cm³/mol. The van der Waals surface area contributed by atoms with E-state index < -0.39 is 0 Å². The molecule has 116 valence electrons. The Kier molecular flexibility index (Phi) is 8.21. The molecule has 0 saturated carbocycles. The SMILES string of the molecule is CCC/C=C(\C)CCC1CC(C)OC1/C=C(\C)CCC. The normalized spacial score (nSPS) is 28.1. The third-order valence-electron chi connectivity index (χ3n) is 4.27. The lowest BCUT2D eigenvalue weighted by molar-refractivity contribution is 0.0722. The van der Waals surface area contributed by atoms with Crippen molar-refractivity contribution >= 4 is 0 Å². The second kappa shape index (κ2) is 9.39. The van der Waals surface area contributed by atoms with E-state index in [1.165, 1.54) is 50.5 Å². The standard InChI is InChI=1S/C19H34O/c1-6-8-10-15(3)11-12-18-14-17(5)20-19(18)13-16(4)9-7-2/h10,13,17-19H,6-9,11-12,14H2,1-5H3/b15-10+,16-13+. The van der Waals surface area contributed by atoms with Crippen LogP contribution in [-0.2, 0) is 4.74 Å². The molecule has 0 aromatic heterocycles. The van der Waals surface area contributed by atoms with Gasteiger partial charge in [-0.3, -0.25) is 0 Å². The van der Waals surface area contributed by atoms with Gasteiger partial charge in [0.15, 0.2) is 0 Å². The fraction of sp³-hybridized carbons (Fsp3) is 0.789. The highest BCUT2D eigenvalue weighted by Gasteiger charge is 2.30. The van der Waals surface area contributed by atoms with E-state index in [0.717, 1.165) is 0 Å². The first-order valence-corrected chi connectivity index (χ1v) is 8.55. The van der Waals surface area contributed by atoms with Crippen molar-refractivity contribution < 1.29 is 4.74 Å². The van der Waals surface area contributed by atoms with E-state index in [9.17, 15) is 0 Å². The largest absolute Gasteiger partial charge is 0.371 e. The van der Waals surface area contributed by atoms with Gasteiger partial charge in [0.2, 0.25) is 0 Å². The van der Waals surface area contributed by atoms with Gasteiger partial charge in [0, 0.05) is 0 Å². The maximum absolute atomic E-state index is 6.11. The van der Waals surface area contributed by atoms with Crippen molar-refractivity contribution in [1.29, 1.82) is 0 Å². The van der Waals surface area contributed by atoms with Crippen LogP contribution in [0.2, 0.25) is 0 Å². The minimum Gasteiger partial charge on any atom is -0.371 e. The summed E-state index contributed by atoms with van der Waals surface area (Å²) in [6, 6.07) is 0. The van der Waals surface area contributed by atoms with Gasteiger partial charge in [-0.1, -0.05) is 50.0 Å². The van der Waals surface area contributed by atoms with Crippen molar-refractivity contribution in [3.8, 4) is 0 Å². The Hall–Kier alpha value is -0.560. The molecule has 0 aromatic carbocycles. The van der Waals surface area contributed by atoms with E-state index >= 15 is 0 Å². The molecule has 0 aromatic rings. The number of allylic oxidation sites excluding steroid dienone is 3. The van der Waals surface area contributed by atoms with Gasteiger partial charge in [-0.2, -0.15) is 0 Å². The third kappa shape index (κ3) is 6.26. The first-order chi connectivity index (χ1) is 9.56. The van der Waals surface area contributed by atoms with Crippen LogP contribution in [-0.4, -0.2) is 12.2 Å². The van der Waals surface area contributed by atoms with E-state index in [0.29, 0.717) is 18.1 Å². The highest BCUT2D eigenvalue weighted by Crippen LogP contribution is 2.32. The van der Waals surface area contributed by atoms with Crippen LogP contribution >= 0.6 is 0 Å². The van der Waals surface area contributed by atoms with Gasteiger partial charge in [-0.15, -0.1) is 0 Å². The molecule has 3 atom stereocenters. The molecule has 1 heterocycles. The molecule has 0 aliphatic carbocycles. The lowest BCUT2D eigenvalue weighted by Crippen LogP contribution is -2.14. The topological polar surface area (TPSA) is 9.23 Å². The van der Waals surface area contributed by atoms with Gasteiger partial charge in [0.1, 0.15) is 0 Å². The lowest BCUT2D eigenvalue weighted by Gasteiger charge is -2.16. The molecule has 1 fully saturated rings. The summed E-state index contributed by atoms with van der Waals surface area (Å²) in [5.41, 5.74) is 3.05. The molecule has 0 spiro atoms. The Bertz CT molecular complexity index is 327. The van der Waals surface area contributed by atoms with Crippen LogP contribution in [0.1, 0.15) is 79.6 Å². The zero-order valence-corrected chi connectivity index (χ0v) is 14.2. The average molecular weight is 278 g/mol. The number of rotatable bonds is 8. The van der Waals surface area contributed by atoms with E-state index in [1.807, 2.05) is 0 Å². The number of ether oxygens (including phenoxy) is 1. The molecule has 1 aliphatic heterocycles. The van der Waals surface area contributed by atoms with Crippen molar-refractivity contribution in [3.63, 3.8) is 0 Å².